The molecule has 0 amide bonds. The van der Waals surface area contributed by atoms with Crippen molar-refractivity contribution in [3.63, 3.8) is 0 Å². The number of nitrogens with zero attached hydrogens (tertiary/aromatic N) is 3. The Hall–Kier alpha value is -2.40. The lowest BCUT2D eigenvalue weighted by Gasteiger charge is -2.06. The van der Waals surface area contributed by atoms with Gasteiger partial charge in [0.15, 0.2) is 5.82 Å². The Morgan fingerprint density at radius 2 is 2.04 bits per heavy atom. The molecule has 0 saturated carbocycles. The van der Waals surface area contributed by atoms with Crippen molar-refractivity contribution in [3.05, 3.63) is 54.5 Å². The van der Waals surface area contributed by atoms with Gasteiger partial charge in [-0.05, 0) is 32.4 Å². The first-order valence-corrected chi connectivity index (χ1v) is 7.28. The molecule has 0 aromatic carbocycles. The van der Waals surface area contributed by atoms with Crippen LogP contribution in [0.2, 0.25) is 0 Å². The third-order valence-corrected chi connectivity index (χ3v) is 3.27. The van der Waals surface area contributed by atoms with E-state index >= 15 is 0 Å². The molecule has 5 heteroatoms. The fourth-order valence-electron chi connectivity index (χ4n) is 2.17. The summed E-state index contributed by atoms with van der Waals surface area (Å²) in [4.78, 5) is 4.55. The quantitative estimate of drug-likeness (QED) is 0.345. The molecule has 0 spiro atoms. The molecule has 0 unspecified atom stereocenters. The zero-order chi connectivity index (χ0) is 17.6. The first-order valence-electron chi connectivity index (χ1n) is 7.28. The Morgan fingerprint density at radius 3 is 2.52 bits per heavy atom. The number of aromatic nitrogens is 2. The number of rotatable bonds is 8. The van der Waals surface area contributed by atoms with E-state index in [2.05, 4.69) is 29.8 Å². The summed E-state index contributed by atoms with van der Waals surface area (Å²) in [6, 6.07) is 0. The summed E-state index contributed by atoms with van der Waals surface area (Å²) in [7, 11) is 1.58. The maximum Gasteiger partial charge on any atom is 0.182 e. The van der Waals surface area contributed by atoms with E-state index in [1.807, 2.05) is 25.5 Å². The van der Waals surface area contributed by atoms with E-state index in [-0.39, 0.29) is 6.61 Å². The monoisotopic (exact) mass is 315 g/mol. The van der Waals surface area contributed by atoms with Crippen molar-refractivity contribution in [2.45, 2.75) is 27.3 Å². The molecule has 23 heavy (non-hydrogen) atoms. The fourth-order valence-corrected chi connectivity index (χ4v) is 2.17. The molecule has 1 aromatic heterocycles. The molecule has 0 fully saturated rings. The van der Waals surface area contributed by atoms with Gasteiger partial charge in [-0.25, -0.2) is 4.99 Å². The first-order chi connectivity index (χ1) is 10.8. The van der Waals surface area contributed by atoms with E-state index in [0.717, 1.165) is 16.8 Å². The number of hydrogen-bond acceptors (Lipinski definition) is 4. The van der Waals surface area contributed by atoms with Gasteiger partial charge in [0, 0.05) is 11.3 Å². The Kier molecular flexibility index (Phi) is 6.72. The van der Waals surface area contributed by atoms with Gasteiger partial charge in [-0.1, -0.05) is 31.4 Å². The fraction of sp³-hybridized carbons (Fsp3) is 0.333. The summed E-state index contributed by atoms with van der Waals surface area (Å²) in [5, 5.41) is 14.0. The van der Waals surface area contributed by atoms with Crippen molar-refractivity contribution in [2.75, 3.05) is 13.7 Å². The topological polar surface area (TPSA) is 59.6 Å². The molecule has 0 radical (unpaired) electrons. The van der Waals surface area contributed by atoms with Gasteiger partial charge in [-0.3, -0.25) is 4.68 Å². The van der Waals surface area contributed by atoms with Crippen LogP contribution < -0.4 is 0 Å². The van der Waals surface area contributed by atoms with Crippen molar-refractivity contribution >= 4 is 17.1 Å². The van der Waals surface area contributed by atoms with Crippen LogP contribution >= 0.6 is 0 Å². The number of methoxy groups -OCH3 is 1. The number of aliphatic hydroxyl groups excluding tert-OH is 1. The minimum absolute atomic E-state index is 0.152. The molecular weight excluding hydrogens is 290 g/mol. The summed E-state index contributed by atoms with van der Waals surface area (Å²) in [6.45, 7) is 17.6. The van der Waals surface area contributed by atoms with E-state index in [4.69, 9.17) is 4.74 Å². The van der Waals surface area contributed by atoms with Gasteiger partial charge in [-0.15, -0.1) is 0 Å². The predicted molar refractivity (Wildman–Crippen MR) is 96.0 cm³/mol. The standard InChI is InChI=1S/C18H25N3O2/c1-8-9-16(23-7)14(5)19-18-17(13(4)11-22)15(6)21(20-18)10-12(2)3/h8-9,22H,1-2,4,10-11H2,3,5-7H3/b16-9-,19-14+. The lowest BCUT2D eigenvalue weighted by molar-refractivity contribution is 0.315. The Labute approximate surface area is 138 Å². The van der Waals surface area contributed by atoms with Gasteiger partial charge in [0.25, 0.3) is 0 Å². The summed E-state index contributed by atoms with van der Waals surface area (Å²) < 4.78 is 7.11. The maximum absolute atomic E-state index is 9.45. The van der Waals surface area contributed by atoms with Crippen molar-refractivity contribution in [2.24, 2.45) is 4.99 Å². The number of aliphatic imine (C=N–C) groups is 1. The first kappa shape index (κ1) is 18.6. The SMILES string of the molecule is C=C/C=C(OC)/C(C)=N/c1nn(CC(=C)C)c(C)c1C(=C)CO. The second-order valence-corrected chi connectivity index (χ2v) is 5.33. The predicted octanol–water partition coefficient (Wildman–Crippen LogP) is 3.58. The normalized spacial score (nSPS) is 12.2. The van der Waals surface area contributed by atoms with Crippen molar-refractivity contribution in [1.29, 1.82) is 0 Å². The third-order valence-electron chi connectivity index (χ3n) is 3.27. The molecule has 5 nitrogen and oxygen atoms in total. The molecule has 1 heterocycles. The smallest absolute Gasteiger partial charge is 0.182 e. The lowest BCUT2D eigenvalue weighted by Crippen LogP contribution is -2.03. The molecular formula is C18H25N3O2. The van der Waals surface area contributed by atoms with E-state index in [1.165, 1.54) is 0 Å². The van der Waals surface area contributed by atoms with Crippen LogP contribution in [-0.2, 0) is 11.3 Å². The van der Waals surface area contributed by atoms with Crippen LogP contribution in [0.5, 0.6) is 0 Å². The van der Waals surface area contributed by atoms with E-state index in [1.54, 1.807) is 19.3 Å². The Balaban J connectivity index is 3.44. The number of ether oxygens (including phenoxy) is 1. The molecule has 0 bridgehead atoms. The van der Waals surface area contributed by atoms with Crippen molar-refractivity contribution < 1.29 is 9.84 Å². The number of allylic oxidation sites excluding steroid dienone is 4. The van der Waals surface area contributed by atoms with Crippen LogP contribution in [-0.4, -0.2) is 34.3 Å². The average molecular weight is 315 g/mol. The summed E-state index contributed by atoms with van der Waals surface area (Å²) in [5.74, 6) is 1.11. The zero-order valence-electron chi connectivity index (χ0n) is 14.4. The highest BCUT2D eigenvalue weighted by molar-refractivity contribution is 5.98. The zero-order valence-corrected chi connectivity index (χ0v) is 14.4. The van der Waals surface area contributed by atoms with Crippen LogP contribution in [0.15, 0.2) is 48.2 Å². The van der Waals surface area contributed by atoms with E-state index in [9.17, 15) is 5.11 Å². The molecule has 0 aliphatic carbocycles. The highest BCUT2D eigenvalue weighted by Gasteiger charge is 2.17. The van der Waals surface area contributed by atoms with Gasteiger partial charge in [0.2, 0.25) is 0 Å². The second kappa shape index (κ2) is 8.29. The van der Waals surface area contributed by atoms with Crippen LogP contribution in [0.1, 0.15) is 25.1 Å². The van der Waals surface area contributed by atoms with Crippen molar-refractivity contribution in [1.82, 2.24) is 9.78 Å². The van der Waals surface area contributed by atoms with Crippen LogP contribution in [0.25, 0.3) is 5.57 Å². The van der Waals surface area contributed by atoms with Crippen LogP contribution in [0, 0.1) is 6.92 Å². The number of aliphatic hydroxyl groups is 1. The largest absolute Gasteiger partial charge is 0.495 e. The molecule has 0 aliphatic heterocycles. The summed E-state index contributed by atoms with van der Waals surface area (Å²) >= 11 is 0. The van der Waals surface area contributed by atoms with E-state index < -0.39 is 0 Å². The average Bonchev–Trinajstić information content (AvgIpc) is 2.79. The molecule has 0 saturated heterocycles. The van der Waals surface area contributed by atoms with Gasteiger partial charge < -0.3 is 9.84 Å². The van der Waals surface area contributed by atoms with Crippen LogP contribution in [0.3, 0.4) is 0 Å². The van der Waals surface area contributed by atoms with Crippen LogP contribution in [0.4, 0.5) is 5.82 Å². The molecule has 0 aliphatic rings. The number of hydrogen-bond donors (Lipinski definition) is 1. The summed E-state index contributed by atoms with van der Waals surface area (Å²) in [6.07, 6.45) is 3.37. The molecule has 1 rings (SSSR count). The minimum Gasteiger partial charge on any atom is -0.495 e. The molecule has 0 atom stereocenters. The van der Waals surface area contributed by atoms with E-state index in [0.29, 0.717) is 29.4 Å². The third kappa shape index (κ3) is 4.53. The second-order valence-electron chi connectivity index (χ2n) is 5.33. The lowest BCUT2D eigenvalue weighted by atomic mass is 10.1. The molecule has 124 valence electrons. The minimum atomic E-state index is -0.152. The molecule has 1 N–H and O–H groups in total. The van der Waals surface area contributed by atoms with Gasteiger partial charge in [0.05, 0.1) is 26.0 Å². The van der Waals surface area contributed by atoms with Crippen molar-refractivity contribution in [3.8, 4) is 0 Å². The highest BCUT2D eigenvalue weighted by Crippen LogP contribution is 2.29. The Bertz CT molecular complexity index is 679. The highest BCUT2D eigenvalue weighted by atomic mass is 16.5. The van der Waals surface area contributed by atoms with Gasteiger partial charge in [-0.2, -0.15) is 5.10 Å². The van der Waals surface area contributed by atoms with Gasteiger partial charge in [0.1, 0.15) is 5.76 Å². The summed E-state index contributed by atoms with van der Waals surface area (Å²) in [5.41, 5.74) is 3.87. The Morgan fingerprint density at radius 1 is 1.39 bits per heavy atom. The molecule has 1 aromatic rings. The maximum atomic E-state index is 9.45. The van der Waals surface area contributed by atoms with Gasteiger partial charge >= 0.3 is 0 Å².